The average Bonchev–Trinajstić information content (AvgIpc) is 2.97. The van der Waals surface area contributed by atoms with Gasteiger partial charge in [-0.2, -0.15) is 5.10 Å². The maximum atomic E-state index is 5.08. The van der Waals surface area contributed by atoms with E-state index in [1.165, 1.54) is 0 Å². The number of hydrogen-bond donors (Lipinski definition) is 0. The molecule has 0 unspecified atom stereocenters. The van der Waals surface area contributed by atoms with E-state index < -0.39 is 0 Å². The van der Waals surface area contributed by atoms with Crippen molar-refractivity contribution in [3.05, 3.63) is 53.7 Å². The lowest BCUT2D eigenvalue weighted by atomic mass is 10.2. The Kier molecular flexibility index (Phi) is 2.87. The highest BCUT2D eigenvalue weighted by atomic mass is 16.5. The Morgan fingerprint density at radius 1 is 1.16 bits per heavy atom. The second-order valence-electron chi connectivity index (χ2n) is 4.44. The molecule has 5 nitrogen and oxygen atoms in total. The molecule has 2 aromatic heterocycles. The summed E-state index contributed by atoms with van der Waals surface area (Å²) in [6, 6.07) is 11.9. The molecule has 0 radical (unpaired) electrons. The molecule has 3 rings (SSSR count). The highest BCUT2D eigenvalue weighted by molar-refractivity contribution is 5.54. The first-order valence-electron chi connectivity index (χ1n) is 6.11. The first-order valence-corrected chi connectivity index (χ1v) is 6.11. The molecule has 2 heterocycles. The van der Waals surface area contributed by atoms with Crippen LogP contribution in [0.15, 0.2) is 40.9 Å². The van der Waals surface area contributed by atoms with Crippen molar-refractivity contribution in [1.82, 2.24) is 19.9 Å². The average molecular weight is 254 g/mol. The molecule has 5 heteroatoms. The molecule has 0 aliphatic rings. The van der Waals surface area contributed by atoms with Gasteiger partial charge in [0.05, 0.1) is 6.54 Å². The van der Waals surface area contributed by atoms with Crippen molar-refractivity contribution in [3.8, 4) is 11.4 Å². The third-order valence-electron chi connectivity index (χ3n) is 2.80. The highest BCUT2D eigenvalue weighted by Gasteiger charge is 2.11. The van der Waals surface area contributed by atoms with Crippen LogP contribution in [0.25, 0.3) is 11.4 Å². The number of hydrogen-bond acceptors (Lipinski definition) is 4. The summed E-state index contributed by atoms with van der Waals surface area (Å²) in [6.45, 7) is 4.32. The lowest BCUT2D eigenvalue weighted by molar-refractivity contribution is 0.388. The van der Waals surface area contributed by atoms with Crippen LogP contribution in [0.1, 0.15) is 17.3 Å². The first-order chi connectivity index (χ1) is 9.22. The maximum Gasteiger partial charge on any atom is 0.158 e. The van der Waals surface area contributed by atoms with E-state index >= 15 is 0 Å². The number of benzene rings is 1. The molecule has 1 aromatic carbocycles. The Morgan fingerprint density at radius 2 is 1.95 bits per heavy atom. The van der Waals surface area contributed by atoms with Gasteiger partial charge >= 0.3 is 0 Å². The summed E-state index contributed by atoms with van der Waals surface area (Å²) >= 11 is 0. The predicted octanol–water partition coefficient (Wildman–Crippen LogP) is 2.60. The van der Waals surface area contributed by atoms with Crippen molar-refractivity contribution in [2.24, 2.45) is 0 Å². The van der Waals surface area contributed by atoms with Gasteiger partial charge in [-0.15, -0.1) is 0 Å². The van der Waals surface area contributed by atoms with Gasteiger partial charge in [0.2, 0.25) is 0 Å². The Bertz CT molecular complexity index is 685. The second kappa shape index (κ2) is 4.68. The van der Waals surface area contributed by atoms with Crippen LogP contribution in [-0.4, -0.2) is 19.9 Å². The Morgan fingerprint density at radius 3 is 2.63 bits per heavy atom. The summed E-state index contributed by atoms with van der Waals surface area (Å²) in [5.74, 6) is 2.39. The zero-order valence-corrected chi connectivity index (χ0v) is 10.9. The topological polar surface area (TPSA) is 56.7 Å². The van der Waals surface area contributed by atoms with Crippen LogP contribution in [0.4, 0.5) is 0 Å². The standard InChI is InChI=1S/C14H14N4O/c1-10-8-13(17-19-10)9-18-14(15-11(2)16-18)12-6-4-3-5-7-12/h3-8H,9H2,1-2H3. The van der Waals surface area contributed by atoms with Gasteiger partial charge in [-0.05, 0) is 13.8 Å². The summed E-state index contributed by atoms with van der Waals surface area (Å²) in [5.41, 5.74) is 1.89. The summed E-state index contributed by atoms with van der Waals surface area (Å²) in [5, 5.41) is 8.41. The molecule has 0 amide bonds. The van der Waals surface area contributed by atoms with Gasteiger partial charge in [0, 0.05) is 11.6 Å². The van der Waals surface area contributed by atoms with Crippen molar-refractivity contribution in [2.75, 3.05) is 0 Å². The van der Waals surface area contributed by atoms with Crippen molar-refractivity contribution in [3.63, 3.8) is 0 Å². The molecule has 3 aromatic rings. The van der Waals surface area contributed by atoms with E-state index in [2.05, 4.69) is 15.2 Å². The van der Waals surface area contributed by atoms with E-state index in [9.17, 15) is 0 Å². The molecule has 0 aliphatic heterocycles. The lowest BCUT2D eigenvalue weighted by Crippen LogP contribution is -2.04. The number of aryl methyl sites for hydroxylation is 2. The van der Waals surface area contributed by atoms with E-state index in [-0.39, 0.29) is 0 Å². The summed E-state index contributed by atoms with van der Waals surface area (Å²) in [4.78, 5) is 4.48. The van der Waals surface area contributed by atoms with Crippen molar-refractivity contribution in [2.45, 2.75) is 20.4 Å². The third kappa shape index (κ3) is 2.40. The van der Waals surface area contributed by atoms with E-state index in [0.717, 1.165) is 28.7 Å². The normalized spacial score (nSPS) is 10.8. The fraction of sp³-hybridized carbons (Fsp3) is 0.214. The van der Waals surface area contributed by atoms with E-state index in [1.807, 2.05) is 54.9 Å². The monoisotopic (exact) mass is 254 g/mol. The molecular formula is C14H14N4O. The van der Waals surface area contributed by atoms with E-state index in [4.69, 9.17) is 4.52 Å². The number of rotatable bonds is 3. The molecule has 0 bridgehead atoms. The molecule has 0 saturated carbocycles. The Labute approximate surface area is 110 Å². The predicted molar refractivity (Wildman–Crippen MR) is 70.5 cm³/mol. The van der Waals surface area contributed by atoms with E-state index in [0.29, 0.717) is 6.54 Å². The van der Waals surface area contributed by atoms with Crippen molar-refractivity contribution >= 4 is 0 Å². The first kappa shape index (κ1) is 11.6. The van der Waals surface area contributed by atoms with Gasteiger partial charge in [0.25, 0.3) is 0 Å². The molecule has 0 saturated heterocycles. The summed E-state index contributed by atoms with van der Waals surface area (Å²) in [6.07, 6.45) is 0. The number of aromatic nitrogens is 4. The molecule has 0 fully saturated rings. The number of nitrogens with zero attached hydrogens (tertiary/aromatic N) is 4. The quantitative estimate of drug-likeness (QED) is 0.721. The van der Waals surface area contributed by atoms with Gasteiger partial charge in [0.15, 0.2) is 5.82 Å². The largest absolute Gasteiger partial charge is 0.361 e. The zero-order valence-electron chi connectivity index (χ0n) is 10.9. The fourth-order valence-corrected chi connectivity index (χ4v) is 2.01. The van der Waals surface area contributed by atoms with Gasteiger partial charge in [0.1, 0.15) is 17.3 Å². The summed E-state index contributed by atoms with van der Waals surface area (Å²) in [7, 11) is 0. The minimum atomic E-state index is 0.558. The molecule has 96 valence electrons. The van der Waals surface area contributed by atoms with Crippen molar-refractivity contribution in [1.29, 1.82) is 0 Å². The van der Waals surface area contributed by atoms with Gasteiger partial charge in [-0.1, -0.05) is 35.5 Å². The van der Waals surface area contributed by atoms with Crippen LogP contribution in [0.3, 0.4) is 0 Å². The van der Waals surface area contributed by atoms with Crippen LogP contribution in [0, 0.1) is 13.8 Å². The second-order valence-corrected chi connectivity index (χ2v) is 4.44. The molecule has 0 N–H and O–H groups in total. The summed E-state index contributed by atoms with van der Waals surface area (Å²) < 4.78 is 6.93. The Hall–Kier alpha value is -2.43. The van der Waals surface area contributed by atoms with Crippen LogP contribution in [0.5, 0.6) is 0 Å². The molecule has 0 aliphatic carbocycles. The minimum absolute atomic E-state index is 0.558. The molecular weight excluding hydrogens is 240 g/mol. The van der Waals surface area contributed by atoms with Crippen LogP contribution < -0.4 is 0 Å². The van der Waals surface area contributed by atoms with Crippen LogP contribution >= 0.6 is 0 Å². The van der Waals surface area contributed by atoms with Crippen molar-refractivity contribution < 1.29 is 4.52 Å². The highest BCUT2D eigenvalue weighted by Crippen LogP contribution is 2.18. The van der Waals surface area contributed by atoms with Crippen LogP contribution in [-0.2, 0) is 6.54 Å². The lowest BCUT2D eigenvalue weighted by Gasteiger charge is -2.03. The van der Waals surface area contributed by atoms with Gasteiger partial charge in [-0.25, -0.2) is 9.67 Å². The molecule has 0 atom stereocenters. The fourth-order valence-electron chi connectivity index (χ4n) is 2.01. The van der Waals surface area contributed by atoms with Gasteiger partial charge in [-0.3, -0.25) is 0 Å². The Balaban J connectivity index is 1.98. The van der Waals surface area contributed by atoms with Crippen LogP contribution in [0.2, 0.25) is 0 Å². The zero-order chi connectivity index (χ0) is 13.2. The minimum Gasteiger partial charge on any atom is -0.361 e. The van der Waals surface area contributed by atoms with E-state index in [1.54, 1.807) is 0 Å². The molecule has 19 heavy (non-hydrogen) atoms. The third-order valence-corrected chi connectivity index (χ3v) is 2.80. The smallest absolute Gasteiger partial charge is 0.158 e. The van der Waals surface area contributed by atoms with Gasteiger partial charge < -0.3 is 4.52 Å². The SMILES string of the molecule is Cc1nc(-c2ccccc2)n(Cc2cc(C)on2)n1. The maximum absolute atomic E-state index is 5.08. The molecule has 0 spiro atoms.